The summed E-state index contributed by atoms with van der Waals surface area (Å²) in [5.74, 6) is 0.918. The van der Waals surface area contributed by atoms with Gasteiger partial charge in [-0.2, -0.15) is 4.98 Å². The van der Waals surface area contributed by atoms with E-state index in [9.17, 15) is 13.2 Å². The molecule has 2 aromatic rings. The summed E-state index contributed by atoms with van der Waals surface area (Å²) in [5, 5.41) is 4.54. The van der Waals surface area contributed by atoms with Crippen molar-refractivity contribution in [2.24, 2.45) is 0 Å². The molecule has 26 heavy (non-hydrogen) atoms. The zero-order valence-electron chi connectivity index (χ0n) is 14.4. The van der Waals surface area contributed by atoms with E-state index in [0.717, 1.165) is 5.56 Å². The van der Waals surface area contributed by atoms with E-state index in [0.29, 0.717) is 36.1 Å². The molecule has 1 unspecified atom stereocenters. The second-order valence-corrected chi connectivity index (χ2v) is 8.92. The number of hydrogen-bond acceptors (Lipinski definition) is 6. The Morgan fingerprint density at radius 3 is 2.69 bits per heavy atom. The van der Waals surface area contributed by atoms with Crippen LogP contribution in [0.5, 0.6) is 0 Å². The van der Waals surface area contributed by atoms with Crippen molar-refractivity contribution >= 4 is 27.3 Å². The quantitative estimate of drug-likeness (QED) is 0.742. The Balaban J connectivity index is 1.60. The second-order valence-electron chi connectivity index (χ2n) is 6.26. The fraction of sp³-hybridized carbons (Fsp3) is 0.471. The highest BCUT2D eigenvalue weighted by molar-refractivity contribution is 7.91. The average Bonchev–Trinajstić information content (AvgIpc) is 3.21. The summed E-state index contributed by atoms with van der Waals surface area (Å²) < 4.78 is 28.5. The first-order valence-electron chi connectivity index (χ1n) is 8.46. The number of benzene rings is 1. The summed E-state index contributed by atoms with van der Waals surface area (Å²) in [4.78, 5) is 18.4. The summed E-state index contributed by atoms with van der Waals surface area (Å²) in [6.45, 7) is 2.34. The Bertz CT molecular complexity index is 880. The summed E-state index contributed by atoms with van der Waals surface area (Å²) >= 11 is 5.86. The van der Waals surface area contributed by atoms with Crippen molar-refractivity contribution < 1.29 is 17.7 Å². The molecule has 140 valence electrons. The van der Waals surface area contributed by atoms with Crippen LogP contribution < -0.4 is 0 Å². The molecule has 1 aliphatic heterocycles. The Labute approximate surface area is 157 Å². The lowest BCUT2D eigenvalue weighted by atomic mass is 10.2. The van der Waals surface area contributed by atoms with Crippen molar-refractivity contribution in [1.82, 2.24) is 15.0 Å². The highest BCUT2D eigenvalue weighted by Gasteiger charge is 2.33. The standard InChI is InChI=1S/C17H20ClN3O4S/c1-2-21(14-9-10-26(23,24)11-14)16(22)8-7-15-19-17(20-25-15)12-3-5-13(18)6-4-12/h3-6,14H,2,7-11H2,1H3. The van der Waals surface area contributed by atoms with Gasteiger partial charge in [0, 0.05) is 36.0 Å². The maximum atomic E-state index is 12.5. The molecule has 1 fully saturated rings. The fourth-order valence-electron chi connectivity index (χ4n) is 3.09. The molecule has 2 heterocycles. The average molecular weight is 398 g/mol. The number of nitrogens with zero attached hydrogens (tertiary/aromatic N) is 3. The molecule has 3 rings (SSSR count). The summed E-state index contributed by atoms with van der Waals surface area (Å²) in [6.07, 6.45) is 1.02. The number of rotatable bonds is 6. The van der Waals surface area contributed by atoms with E-state index in [2.05, 4.69) is 10.1 Å². The number of amides is 1. The molecule has 9 heteroatoms. The van der Waals surface area contributed by atoms with Gasteiger partial charge in [-0.15, -0.1) is 0 Å². The minimum Gasteiger partial charge on any atom is -0.339 e. The van der Waals surface area contributed by atoms with Crippen LogP contribution in [0.25, 0.3) is 11.4 Å². The normalized spacial score (nSPS) is 18.8. The lowest BCUT2D eigenvalue weighted by Gasteiger charge is -2.26. The van der Waals surface area contributed by atoms with Crippen LogP contribution in [0.15, 0.2) is 28.8 Å². The smallest absolute Gasteiger partial charge is 0.227 e. The first-order valence-corrected chi connectivity index (χ1v) is 10.7. The van der Waals surface area contributed by atoms with E-state index >= 15 is 0 Å². The molecule has 1 amide bonds. The van der Waals surface area contributed by atoms with Crippen LogP contribution in [0.2, 0.25) is 5.02 Å². The monoisotopic (exact) mass is 397 g/mol. The third-order valence-corrected chi connectivity index (χ3v) is 6.44. The molecule has 0 saturated carbocycles. The molecule has 0 bridgehead atoms. The van der Waals surface area contributed by atoms with E-state index in [1.165, 1.54) is 0 Å². The van der Waals surface area contributed by atoms with Gasteiger partial charge in [0.1, 0.15) is 0 Å². The van der Waals surface area contributed by atoms with Crippen LogP contribution in [0.1, 0.15) is 25.7 Å². The van der Waals surface area contributed by atoms with Gasteiger partial charge in [-0.3, -0.25) is 4.79 Å². The van der Waals surface area contributed by atoms with E-state index < -0.39 is 9.84 Å². The van der Waals surface area contributed by atoms with Gasteiger partial charge in [-0.1, -0.05) is 16.8 Å². The van der Waals surface area contributed by atoms with Gasteiger partial charge in [-0.25, -0.2) is 8.42 Å². The number of sulfone groups is 1. The van der Waals surface area contributed by atoms with Gasteiger partial charge in [0.05, 0.1) is 11.5 Å². The Morgan fingerprint density at radius 2 is 2.08 bits per heavy atom. The molecule has 1 saturated heterocycles. The van der Waals surface area contributed by atoms with E-state index in [4.69, 9.17) is 16.1 Å². The molecule has 1 atom stereocenters. The number of carbonyl (C=O) groups excluding carboxylic acids is 1. The van der Waals surface area contributed by atoms with Gasteiger partial charge in [0.2, 0.25) is 17.6 Å². The topological polar surface area (TPSA) is 93.4 Å². The third-order valence-electron chi connectivity index (χ3n) is 4.43. The number of halogens is 1. The van der Waals surface area contributed by atoms with E-state index in [1.807, 2.05) is 6.92 Å². The Kier molecular flexibility index (Phi) is 5.62. The first-order chi connectivity index (χ1) is 12.4. The Hall–Kier alpha value is -1.93. The molecule has 0 spiro atoms. The van der Waals surface area contributed by atoms with Gasteiger partial charge in [0.25, 0.3) is 0 Å². The van der Waals surface area contributed by atoms with Crippen LogP contribution in [0.4, 0.5) is 0 Å². The summed E-state index contributed by atoms with van der Waals surface area (Å²) in [5.41, 5.74) is 0.780. The summed E-state index contributed by atoms with van der Waals surface area (Å²) in [6, 6.07) is 6.84. The van der Waals surface area contributed by atoms with Gasteiger partial charge >= 0.3 is 0 Å². The first kappa shape index (κ1) is 18.8. The third kappa shape index (κ3) is 4.42. The molecule has 7 nitrogen and oxygen atoms in total. The van der Waals surface area contributed by atoms with Gasteiger partial charge < -0.3 is 9.42 Å². The van der Waals surface area contributed by atoms with Crippen molar-refractivity contribution in [3.8, 4) is 11.4 Å². The van der Waals surface area contributed by atoms with Crippen LogP contribution in [-0.4, -0.2) is 53.5 Å². The molecule has 0 radical (unpaired) electrons. The van der Waals surface area contributed by atoms with E-state index in [1.54, 1.807) is 29.2 Å². The fourth-order valence-corrected chi connectivity index (χ4v) is 4.95. The number of hydrogen-bond donors (Lipinski definition) is 0. The molecule has 1 aromatic carbocycles. The predicted molar refractivity (Wildman–Crippen MR) is 97.5 cm³/mol. The minimum atomic E-state index is -3.03. The molecular weight excluding hydrogens is 378 g/mol. The van der Waals surface area contributed by atoms with Crippen molar-refractivity contribution in [3.05, 3.63) is 35.2 Å². The largest absolute Gasteiger partial charge is 0.339 e. The number of aryl methyl sites for hydroxylation is 1. The zero-order chi connectivity index (χ0) is 18.7. The maximum Gasteiger partial charge on any atom is 0.227 e. The van der Waals surface area contributed by atoms with Gasteiger partial charge in [0.15, 0.2) is 9.84 Å². The number of carbonyl (C=O) groups is 1. The van der Waals surface area contributed by atoms with Crippen molar-refractivity contribution in [2.75, 3.05) is 18.1 Å². The number of aromatic nitrogens is 2. The van der Waals surface area contributed by atoms with E-state index in [-0.39, 0.29) is 29.9 Å². The van der Waals surface area contributed by atoms with Crippen LogP contribution in [-0.2, 0) is 21.1 Å². The second kappa shape index (κ2) is 7.75. The van der Waals surface area contributed by atoms with Crippen LogP contribution in [0.3, 0.4) is 0 Å². The van der Waals surface area contributed by atoms with Gasteiger partial charge in [-0.05, 0) is 37.6 Å². The van der Waals surface area contributed by atoms with Crippen molar-refractivity contribution in [3.63, 3.8) is 0 Å². The van der Waals surface area contributed by atoms with Crippen molar-refractivity contribution in [2.45, 2.75) is 32.2 Å². The maximum absolute atomic E-state index is 12.5. The SMILES string of the molecule is CCN(C(=O)CCc1nc(-c2ccc(Cl)cc2)no1)C1CCS(=O)(=O)C1. The zero-order valence-corrected chi connectivity index (χ0v) is 16.0. The molecule has 1 aromatic heterocycles. The highest BCUT2D eigenvalue weighted by atomic mass is 35.5. The lowest BCUT2D eigenvalue weighted by molar-refractivity contribution is -0.132. The lowest BCUT2D eigenvalue weighted by Crippen LogP contribution is -2.41. The highest BCUT2D eigenvalue weighted by Crippen LogP contribution is 2.21. The van der Waals surface area contributed by atoms with Crippen LogP contribution >= 0.6 is 11.6 Å². The van der Waals surface area contributed by atoms with Crippen LogP contribution in [0, 0.1) is 0 Å². The molecule has 1 aliphatic rings. The molecule has 0 N–H and O–H groups in total. The summed E-state index contributed by atoms with van der Waals surface area (Å²) in [7, 11) is -3.03. The Morgan fingerprint density at radius 1 is 1.35 bits per heavy atom. The predicted octanol–water partition coefficient (Wildman–Crippen LogP) is 2.36. The van der Waals surface area contributed by atoms with Crippen molar-refractivity contribution in [1.29, 1.82) is 0 Å². The molecular formula is C17H20ClN3O4S. The minimum absolute atomic E-state index is 0.0495. The molecule has 0 aliphatic carbocycles.